The molecule has 1 aromatic heterocycles. The first-order chi connectivity index (χ1) is 10.1. The summed E-state index contributed by atoms with van der Waals surface area (Å²) in [6.07, 6.45) is 3.46. The molecule has 1 heterocycles. The Morgan fingerprint density at radius 3 is 2.76 bits per heavy atom. The van der Waals surface area contributed by atoms with E-state index in [2.05, 4.69) is 10.4 Å². The van der Waals surface area contributed by atoms with Crippen molar-refractivity contribution in [2.24, 2.45) is 0 Å². The van der Waals surface area contributed by atoms with E-state index < -0.39 is 0 Å². The van der Waals surface area contributed by atoms with Gasteiger partial charge < -0.3 is 14.8 Å². The van der Waals surface area contributed by atoms with E-state index in [9.17, 15) is 4.79 Å². The lowest BCUT2D eigenvalue weighted by molar-refractivity contribution is 0.0691. The maximum absolute atomic E-state index is 12.0. The number of hydrogen-bond donors (Lipinski definition) is 1. The quantitative estimate of drug-likeness (QED) is 0.671. The van der Waals surface area contributed by atoms with Gasteiger partial charge in [0.2, 0.25) is 0 Å². The van der Waals surface area contributed by atoms with Gasteiger partial charge in [0.25, 0.3) is 5.56 Å². The number of methoxy groups -OCH3 is 1. The Balaban J connectivity index is 2.33. The predicted octanol–water partition coefficient (Wildman–Crippen LogP) is 2.33. The number of hydrogen-bond acceptors (Lipinski definition) is 5. The summed E-state index contributed by atoms with van der Waals surface area (Å²) < 4.78 is 11.6. The molecule has 120 valence electrons. The third-order valence-electron chi connectivity index (χ3n) is 2.90. The first-order valence-corrected chi connectivity index (χ1v) is 7.53. The number of rotatable bonds is 10. The van der Waals surface area contributed by atoms with E-state index in [4.69, 9.17) is 21.1 Å². The van der Waals surface area contributed by atoms with Crippen LogP contribution in [-0.2, 0) is 9.47 Å². The normalized spacial score (nSPS) is 11.1. The Hall–Kier alpha value is -1.11. The van der Waals surface area contributed by atoms with Crippen LogP contribution in [0.15, 0.2) is 11.0 Å². The van der Waals surface area contributed by atoms with Crippen molar-refractivity contribution in [2.75, 3.05) is 38.8 Å². The van der Waals surface area contributed by atoms with Gasteiger partial charge in [-0.25, -0.2) is 4.68 Å². The summed E-state index contributed by atoms with van der Waals surface area (Å²) in [7, 11) is 1.65. The number of ether oxygens (including phenoxy) is 2. The summed E-state index contributed by atoms with van der Waals surface area (Å²) in [6, 6.07) is -0.00620. The van der Waals surface area contributed by atoms with Gasteiger partial charge in [0.15, 0.2) is 0 Å². The van der Waals surface area contributed by atoms with Gasteiger partial charge in [0.1, 0.15) is 5.02 Å². The molecule has 0 aliphatic rings. The number of aromatic nitrogens is 2. The second-order valence-corrected chi connectivity index (χ2v) is 5.33. The van der Waals surface area contributed by atoms with Gasteiger partial charge in [-0.05, 0) is 26.7 Å². The first-order valence-electron chi connectivity index (χ1n) is 7.15. The minimum Gasteiger partial charge on any atom is -0.382 e. The molecule has 0 unspecified atom stereocenters. The van der Waals surface area contributed by atoms with Gasteiger partial charge >= 0.3 is 0 Å². The van der Waals surface area contributed by atoms with Crippen LogP contribution in [-0.4, -0.2) is 43.3 Å². The molecule has 0 aliphatic carbocycles. The molecule has 21 heavy (non-hydrogen) atoms. The van der Waals surface area contributed by atoms with Crippen molar-refractivity contribution in [1.29, 1.82) is 0 Å². The molecule has 0 spiro atoms. The Kier molecular flexibility index (Phi) is 8.34. The lowest BCUT2D eigenvalue weighted by Crippen LogP contribution is -2.25. The molecule has 7 heteroatoms. The molecule has 6 nitrogen and oxygen atoms in total. The molecule has 0 radical (unpaired) electrons. The highest BCUT2D eigenvalue weighted by Crippen LogP contribution is 2.16. The Labute approximate surface area is 130 Å². The molecule has 0 aromatic carbocycles. The topological polar surface area (TPSA) is 65.4 Å². The second-order valence-electron chi connectivity index (χ2n) is 4.95. The van der Waals surface area contributed by atoms with Crippen molar-refractivity contribution in [1.82, 2.24) is 9.78 Å². The van der Waals surface area contributed by atoms with E-state index in [1.807, 2.05) is 13.8 Å². The zero-order valence-corrected chi connectivity index (χ0v) is 13.7. The SMILES string of the molecule is COCCOCCCCNc1cnn(C(C)C)c(=O)c1Cl. The smallest absolute Gasteiger partial charge is 0.287 e. The summed E-state index contributed by atoms with van der Waals surface area (Å²) in [5.41, 5.74) is 0.318. The summed E-state index contributed by atoms with van der Waals surface area (Å²) >= 11 is 6.07. The van der Waals surface area contributed by atoms with Crippen LogP contribution in [0, 0.1) is 0 Å². The van der Waals surface area contributed by atoms with Crippen LogP contribution < -0.4 is 10.9 Å². The number of halogens is 1. The standard InChI is InChI=1S/C14H24ClN3O3/c1-11(2)18-14(19)13(15)12(10-17-18)16-6-4-5-7-21-9-8-20-3/h10-11,16H,4-9H2,1-3H3. The van der Waals surface area contributed by atoms with Crippen LogP contribution >= 0.6 is 11.6 Å². The molecule has 0 bridgehead atoms. The number of nitrogens with one attached hydrogen (secondary N) is 1. The van der Waals surface area contributed by atoms with Crippen molar-refractivity contribution in [3.63, 3.8) is 0 Å². The number of anilines is 1. The van der Waals surface area contributed by atoms with E-state index >= 15 is 0 Å². The minimum atomic E-state index is -0.264. The molecule has 0 fully saturated rings. The fourth-order valence-electron chi connectivity index (χ4n) is 1.73. The monoisotopic (exact) mass is 317 g/mol. The highest BCUT2D eigenvalue weighted by Gasteiger charge is 2.10. The van der Waals surface area contributed by atoms with Crippen LogP contribution in [0.1, 0.15) is 32.7 Å². The minimum absolute atomic E-state index is 0.00620. The number of nitrogens with zero attached hydrogens (tertiary/aromatic N) is 2. The molecule has 0 amide bonds. The summed E-state index contributed by atoms with van der Waals surface area (Å²) in [5.74, 6) is 0. The van der Waals surface area contributed by atoms with Crippen molar-refractivity contribution in [3.05, 3.63) is 21.6 Å². The molecular weight excluding hydrogens is 294 g/mol. The Bertz CT molecular complexity index is 477. The van der Waals surface area contributed by atoms with Crippen LogP contribution in [0.3, 0.4) is 0 Å². The third-order valence-corrected chi connectivity index (χ3v) is 3.26. The third kappa shape index (κ3) is 6.03. The maximum atomic E-state index is 12.0. The Morgan fingerprint density at radius 1 is 1.33 bits per heavy atom. The molecule has 0 saturated carbocycles. The maximum Gasteiger partial charge on any atom is 0.287 e. The van der Waals surface area contributed by atoms with Gasteiger partial charge in [-0.15, -0.1) is 0 Å². The van der Waals surface area contributed by atoms with Crippen LogP contribution in [0.25, 0.3) is 0 Å². The van der Waals surface area contributed by atoms with Crippen molar-refractivity contribution < 1.29 is 9.47 Å². The zero-order valence-electron chi connectivity index (χ0n) is 12.9. The number of unbranched alkanes of at least 4 members (excludes halogenated alkanes) is 1. The molecule has 1 aromatic rings. The fraction of sp³-hybridized carbons (Fsp3) is 0.714. The van der Waals surface area contributed by atoms with E-state index in [1.54, 1.807) is 13.3 Å². The van der Waals surface area contributed by atoms with E-state index in [-0.39, 0.29) is 16.6 Å². The van der Waals surface area contributed by atoms with E-state index in [1.165, 1.54) is 4.68 Å². The molecule has 1 N–H and O–H groups in total. The lowest BCUT2D eigenvalue weighted by Gasteiger charge is -2.12. The van der Waals surface area contributed by atoms with Crippen LogP contribution in [0.2, 0.25) is 5.02 Å². The summed E-state index contributed by atoms with van der Waals surface area (Å²) in [6.45, 7) is 6.44. The lowest BCUT2D eigenvalue weighted by atomic mass is 10.3. The summed E-state index contributed by atoms with van der Waals surface area (Å²) in [5, 5.41) is 7.43. The van der Waals surface area contributed by atoms with Gasteiger partial charge in [-0.1, -0.05) is 11.6 Å². The first kappa shape index (κ1) is 17.9. The molecule has 0 atom stereocenters. The molecule has 0 aliphatic heterocycles. The highest BCUT2D eigenvalue weighted by atomic mass is 35.5. The second kappa shape index (κ2) is 9.76. The largest absolute Gasteiger partial charge is 0.382 e. The average Bonchev–Trinajstić information content (AvgIpc) is 2.45. The van der Waals surface area contributed by atoms with Gasteiger partial charge in [-0.2, -0.15) is 5.10 Å². The Morgan fingerprint density at radius 2 is 2.10 bits per heavy atom. The van der Waals surface area contributed by atoms with Gasteiger partial charge in [-0.3, -0.25) is 4.79 Å². The summed E-state index contributed by atoms with van der Waals surface area (Å²) in [4.78, 5) is 12.0. The average molecular weight is 318 g/mol. The molecular formula is C14H24ClN3O3. The fourth-order valence-corrected chi connectivity index (χ4v) is 1.93. The predicted molar refractivity (Wildman–Crippen MR) is 84.3 cm³/mol. The van der Waals surface area contributed by atoms with Crippen molar-refractivity contribution >= 4 is 17.3 Å². The molecule has 1 rings (SSSR count). The van der Waals surface area contributed by atoms with Crippen LogP contribution in [0.5, 0.6) is 0 Å². The van der Waals surface area contributed by atoms with Gasteiger partial charge in [0, 0.05) is 20.3 Å². The zero-order chi connectivity index (χ0) is 15.7. The highest BCUT2D eigenvalue weighted by molar-refractivity contribution is 6.32. The van der Waals surface area contributed by atoms with E-state index in [0.717, 1.165) is 19.4 Å². The van der Waals surface area contributed by atoms with Crippen molar-refractivity contribution in [3.8, 4) is 0 Å². The van der Waals surface area contributed by atoms with E-state index in [0.29, 0.717) is 25.5 Å². The van der Waals surface area contributed by atoms with Crippen molar-refractivity contribution in [2.45, 2.75) is 32.7 Å². The van der Waals surface area contributed by atoms with Gasteiger partial charge in [0.05, 0.1) is 31.1 Å². The molecule has 0 saturated heterocycles. The van der Waals surface area contributed by atoms with Crippen LogP contribution in [0.4, 0.5) is 5.69 Å².